The van der Waals surface area contributed by atoms with E-state index in [0.717, 1.165) is 36.6 Å². The Labute approximate surface area is 151 Å². The lowest BCUT2D eigenvalue weighted by Gasteiger charge is -2.19. The van der Waals surface area contributed by atoms with Crippen molar-refractivity contribution in [3.8, 4) is 0 Å². The molecule has 6 heteroatoms. The highest BCUT2D eigenvalue weighted by Gasteiger charge is 2.20. The highest BCUT2D eigenvalue weighted by atomic mass is 16.5. The van der Waals surface area contributed by atoms with Gasteiger partial charge in [0.15, 0.2) is 0 Å². The minimum Gasteiger partial charge on any atom is -0.459 e. The number of fused-ring (bicyclic) bond motifs is 1. The molecule has 138 valence electrons. The van der Waals surface area contributed by atoms with E-state index in [4.69, 9.17) is 9.15 Å². The van der Waals surface area contributed by atoms with Crippen LogP contribution < -0.4 is 5.63 Å². The fourth-order valence-corrected chi connectivity index (χ4v) is 3.18. The molecule has 1 fully saturated rings. The Balaban J connectivity index is 1.70. The molecule has 1 saturated heterocycles. The summed E-state index contributed by atoms with van der Waals surface area (Å²) >= 11 is 0. The van der Waals surface area contributed by atoms with E-state index in [-0.39, 0.29) is 19.1 Å². The number of carbonyl (C=O) groups is 2. The van der Waals surface area contributed by atoms with E-state index in [9.17, 15) is 14.4 Å². The quantitative estimate of drug-likeness (QED) is 0.607. The molecule has 1 aliphatic rings. The molecule has 0 spiro atoms. The van der Waals surface area contributed by atoms with Crippen LogP contribution in [0.15, 0.2) is 33.5 Å². The smallest absolute Gasteiger partial charge is 0.336 e. The Kier molecular flexibility index (Phi) is 5.71. The van der Waals surface area contributed by atoms with Gasteiger partial charge in [0, 0.05) is 30.0 Å². The predicted octanol–water partition coefficient (Wildman–Crippen LogP) is 2.80. The van der Waals surface area contributed by atoms with Crippen molar-refractivity contribution in [2.45, 2.75) is 45.6 Å². The SMILES string of the molecule is CCc1ccc2c(COC(=O)CN3CCCCCC3=O)cc(=O)oc2c1. The second-order valence-corrected chi connectivity index (χ2v) is 6.56. The van der Waals surface area contributed by atoms with Crippen molar-refractivity contribution in [1.82, 2.24) is 4.90 Å². The van der Waals surface area contributed by atoms with Crippen LogP contribution in [-0.4, -0.2) is 29.9 Å². The first-order chi connectivity index (χ1) is 12.6. The Bertz CT molecular complexity index is 870. The molecule has 1 aliphatic heterocycles. The number of esters is 1. The van der Waals surface area contributed by atoms with Gasteiger partial charge in [-0.05, 0) is 30.9 Å². The molecule has 2 aromatic rings. The van der Waals surface area contributed by atoms with Crippen LogP contribution in [-0.2, 0) is 27.4 Å². The Morgan fingerprint density at radius 3 is 2.85 bits per heavy atom. The molecule has 3 rings (SSSR count). The van der Waals surface area contributed by atoms with E-state index in [1.165, 1.54) is 6.07 Å². The number of hydrogen-bond acceptors (Lipinski definition) is 5. The van der Waals surface area contributed by atoms with Gasteiger partial charge >= 0.3 is 11.6 Å². The monoisotopic (exact) mass is 357 g/mol. The van der Waals surface area contributed by atoms with Crippen LogP contribution >= 0.6 is 0 Å². The lowest BCUT2D eigenvalue weighted by atomic mass is 10.1. The van der Waals surface area contributed by atoms with Gasteiger partial charge in [0.05, 0.1) is 0 Å². The molecule has 26 heavy (non-hydrogen) atoms. The Morgan fingerprint density at radius 1 is 1.19 bits per heavy atom. The first-order valence-electron chi connectivity index (χ1n) is 9.06. The van der Waals surface area contributed by atoms with Gasteiger partial charge in [-0.15, -0.1) is 0 Å². The molecule has 0 atom stereocenters. The Hall–Kier alpha value is -2.63. The fraction of sp³-hybridized carbons (Fsp3) is 0.450. The van der Waals surface area contributed by atoms with E-state index in [1.807, 2.05) is 25.1 Å². The number of ether oxygens (including phenoxy) is 1. The molecule has 0 N–H and O–H groups in total. The highest BCUT2D eigenvalue weighted by Crippen LogP contribution is 2.20. The Morgan fingerprint density at radius 2 is 2.04 bits per heavy atom. The standard InChI is InChI=1S/C20H23NO5/c1-2-14-7-8-16-15(11-19(23)26-17(16)10-14)13-25-20(24)12-21-9-5-3-4-6-18(21)22/h7-8,10-11H,2-6,9,12-13H2,1H3. The number of nitrogens with zero attached hydrogens (tertiary/aromatic N) is 1. The van der Waals surface area contributed by atoms with Gasteiger partial charge in [-0.2, -0.15) is 0 Å². The van der Waals surface area contributed by atoms with Crippen molar-refractivity contribution in [2.24, 2.45) is 0 Å². The largest absolute Gasteiger partial charge is 0.459 e. The van der Waals surface area contributed by atoms with Crippen molar-refractivity contribution in [2.75, 3.05) is 13.1 Å². The third-order valence-electron chi connectivity index (χ3n) is 4.68. The molecule has 0 aliphatic carbocycles. The van der Waals surface area contributed by atoms with Crippen LogP contribution in [0, 0.1) is 0 Å². The maximum absolute atomic E-state index is 12.1. The van der Waals surface area contributed by atoms with E-state index in [2.05, 4.69) is 0 Å². The number of likely N-dealkylation sites (tertiary alicyclic amines) is 1. The van der Waals surface area contributed by atoms with E-state index < -0.39 is 11.6 Å². The number of rotatable bonds is 5. The van der Waals surface area contributed by atoms with Gasteiger partial charge in [-0.1, -0.05) is 25.5 Å². The summed E-state index contributed by atoms with van der Waals surface area (Å²) in [6.45, 7) is 2.55. The van der Waals surface area contributed by atoms with Gasteiger partial charge in [0.25, 0.3) is 0 Å². The van der Waals surface area contributed by atoms with Crippen LogP contribution in [0.1, 0.15) is 43.7 Å². The van der Waals surface area contributed by atoms with Gasteiger partial charge in [-0.3, -0.25) is 9.59 Å². The maximum atomic E-state index is 12.1. The summed E-state index contributed by atoms with van der Waals surface area (Å²) in [5, 5.41) is 0.750. The third-order valence-corrected chi connectivity index (χ3v) is 4.68. The molecule has 1 amide bonds. The molecule has 0 unspecified atom stereocenters. The summed E-state index contributed by atoms with van der Waals surface area (Å²) in [6.07, 6.45) is 4.10. The van der Waals surface area contributed by atoms with Crippen LogP contribution in [0.25, 0.3) is 11.0 Å². The normalized spacial score (nSPS) is 15.1. The summed E-state index contributed by atoms with van der Waals surface area (Å²) in [5.74, 6) is -0.468. The zero-order valence-electron chi connectivity index (χ0n) is 15.0. The molecule has 1 aromatic carbocycles. The van der Waals surface area contributed by atoms with Crippen molar-refractivity contribution < 1.29 is 18.7 Å². The van der Waals surface area contributed by atoms with Crippen LogP contribution in [0.5, 0.6) is 0 Å². The minimum atomic E-state index is -0.473. The molecule has 6 nitrogen and oxygen atoms in total. The number of aryl methyl sites for hydroxylation is 1. The second kappa shape index (κ2) is 8.17. The summed E-state index contributed by atoms with van der Waals surface area (Å²) < 4.78 is 10.6. The van der Waals surface area contributed by atoms with Crippen molar-refractivity contribution >= 4 is 22.8 Å². The number of carbonyl (C=O) groups excluding carboxylic acids is 2. The van der Waals surface area contributed by atoms with Crippen LogP contribution in [0.2, 0.25) is 0 Å². The average Bonchev–Trinajstić information content (AvgIpc) is 2.83. The van der Waals surface area contributed by atoms with Crippen molar-refractivity contribution in [3.63, 3.8) is 0 Å². The molecular weight excluding hydrogens is 334 g/mol. The summed E-state index contributed by atoms with van der Waals surface area (Å²) in [4.78, 5) is 37.5. The van der Waals surface area contributed by atoms with Crippen molar-refractivity contribution in [1.29, 1.82) is 0 Å². The molecule has 2 heterocycles. The van der Waals surface area contributed by atoms with E-state index in [1.54, 1.807) is 4.90 Å². The highest BCUT2D eigenvalue weighted by molar-refractivity contribution is 5.83. The molecule has 1 aromatic heterocycles. The van der Waals surface area contributed by atoms with Gasteiger partial charge < -0.3 is 14.1 Å². The summed E-state index contributed by atoms with van der Waals surface area (Å²) in [7, 11) is 0. The lowest BCUT2D eigenvalue weighted by Crippen LogP contribution is -2.35. The van der Waals surface area contributed by atoms with Gasteiger partial charge in [0.2, 0.25) is 5.91 Å². The fourth-order valence-electron chi connectivity index (χ4n) is 3.18. The van der Waals surface area contributed by atoms with E-state index in [0.29, 0.717) is 24.1 Å². The zero-order chi connectivity index (χ0) is 18.5. The topological polar surface area (TPSA) is 76.8 Å². The number of benzene rings is 1. The third kappa shape index (κ3) is 4.31. The van der Waals surface area contributed by atoms with Gasteiger partial charge in [0.1, 0.15) is 18.7 Å². The zero-order valence-corrected chi connectivity index (χ0v) is 15.0. The van der Waals surface area contributed by atoms with E-state index >= 15 is 0 Å². The van der Waals surface area contributed by atoms with Gasteiger partial charge in [-0.25, -0.2) is 4.79 Å². The first kappa shape index (κ1) is 18.2. The van der Waals surface area contributed by atoms with Crippen LogP contribution in [0.3, 0.4) is 0 Å². The molecule has 0 radical (unpaired) electrons. The predicted molar refractivity (Wildman–Crippen MR) is 96.7 cm³/mol. The summed E-state index contributed by atoms with van der Waals surface area (Å²) in [6, 6.07) is 7.01. The molecule has 0 saturated carbocycles. The minimum absolute atomic E-state index is 0.00245. The second-order valence-electron chi connectivity index (χ2n) is 6.56. The molecular formula is C20H23NO5. The van der Waals surface area contributed by atoms with Crippen molar-refractivity contribution in [3.05, 3.63) is 45.8 Å². The first-order valence-corrected chi connectivity index (χ1v) is 9.06. The number of hydrogen-bond donors (Lipinski definition) is 0. The molecule has 0 bridgehead atoms. The van der Waals surface area contributed by atoms with Crippen LogP contribution in [0.4, 0.5) is 0 Å². The maximum Gasteiger partial charge on any atom is 0.336 e. The number of amides is 1. The lowest BCUT2D eigenvalue weighted by molar-refractivity contribution is -0.150. The average molecular weight is 357 g/mol. The summed E-state index contributed by atoms with van der Waals surface area (Å²) in [5.41, 5.74) is 1.69.